The van der Waals surface area contributed by atoms with E-state index in [9.17, 15) is 13.2 Å². The Bertz CT molecular complexity index is 1300. The Hall–Kier alpha value is -3.17. The molecule has 3 heterocycles. The average Bonchev–Trinajstić information content (AvgIpc) is 2.82. The number of para-hydroxylation sites is 1. The average molecular weight is 454 g/mol. The van der Waals surface area contributed by atoms with Crippen LogP contribution < -0.4 is 9.47 Å². The number of amides is 1. The predicted molar refractivity (Wildman–Crippen MR) is 119 cm³/mol. The highest BCUT2D eigenvalue weighted by atomic mass is 32.2. The van der Waals surface area contributed by atoms with Crippen molar-refractivity contribution in [2.75, 3.05) is 39.4 Å². The number of ether oxygens (including phenoxy) is 2. The number of carbonyl (C=O) groups is 1. The molecule has 9 heteroatoms. The van der Waals surface area contributed by atoms with E-state index in [2.05, 4.69) is 4.98 Å². The number of fused-ring (bicyclic) bond motifs is 2. The molecular formula is C23H23N3O5S. The van der Waals surface area contributed by atoms with E-state index in [1.54, 1.807) is 17.0 Å². The van der Waals surface area contributed by atoms with E-state index < -0.39 is 10.0 Å². The first-order valence-corrected chi connectivity index (χ1v) is 11.9. The number of pyridine rings is 1. The number of rotatable bonds is 3. The van der Waals surface area contributed by atoms with Gasteiger partial charge < -0.3 is 14.4 Å². The van der Waals surface area contributed by atoms with Gasteiger partial charge in [0.25, 0.3) is 5.91 Å². The molecule has 1 fully saturated rings. The maximum Gasteiger partial charge on any atom is 0.254 e. The first-order chi connectivity index (χ1) is 15.4. The number of carbonyl (C=O) groups excluding carboxylic acids is 1. The maximum absolute atomic E-state index is 13.3. The fourth-order valence-corrected chi connectivity index (χ4v) is 5.56. The van der Waals surface area contributed by atoms with Crippen LogP contribution in [0.4, 0.5) is 0 Å². The van der Waals surface area contributed by atoms with Gasteiger partial charge in [0.15, 0.2) is 11.5 Å². The quantitative estimate of drug-likeness (QED) is 0.605. The Morgan fingerprint density at radius 3 is 2.44 bits per heavy atom. The van der Waals surface area contributed by atoms with E-state index in [-0.39, 0.29) is 23.9 Å². The molecule has 166 valence electrons. The molecule has 2 aliphatic heterocycles. The van der Waals surface area contributed by atoms with Gasteiger partial charge in [-0.25, -0.2) is 8.42 Å². The minimum atomic E-state index is -3.70. The SMILES string of the molecule is Cc1cc(C(=O)N2CCN(S(=O)(=O)c3ccc4c(c3)OCCO4)CC2)c2ccccc2n1. The summed E-state index contributed by atoms with van der Waals surface area (Å²) in [5, 5.41) is 0.800. The number of benzene rings is 2. The van der Waals surface area contributed by atoms with Crippen molar-refractivity contribution in [3.63, 3.8) is 0 Å². The lowest BCUT2D eigenvalue weighted by molar-refractivity contribution is 0.0699. The van der Waals surface area contributed by atoms with Crippen molar-refractivity contribution in [1.82, 2.24) is 14.2 Å². The zero-order valence-corrected chi connectivity index (χ0v) is 18.5. The van der Waals surface area contributed by atoms with Crippen LogP contribution in [0.1, 0.15) is 16.1 Å². The van der Waals surface area contributed by atoms with Gasteiger partial charge in [-0.2, -0.15) is 4.31 Å². The molecule has 0 N–H and O–H groups in total. The molecule has 0 spiro atoms. The highest BCUT2D eigenvalue weighted by Crippen LogP contribution is 2.33. The molecule has 0 atom stereocenters. The molecular weight excluding hydrogens is 430 g/mol. The maximum atomic E-state index is 13.3. The molecule has 0 aliphatic carbocycles. The Morgan fingerprint density at radius 1 is 0.938 bits per heavy atom. The van der Waals surface area contributed by atoms with Gasteiger partial charge in [-0.1, -0.05) is 18.2 Å². The van der Waals surface area contributed by atoms with Crippen LogP contribution in [0.2, 0.25) is 0 Å². The van der Waals surface area contributed by atoms with E-state index in [1.165, 1.54) is 16.4 Å². The van der Waals surface area contributed by atoms with Gasteiger partial charge in [0.2, 0.25) is 10.0 Å². The van der Waals surface area contributed by atoms with Crippen molar-refractivity contribution < 1.29 is 22.7 Å². The molecule has 2 aliphatic rings. The Labute approximate surface area is 186 Å². The smallest absolute Gasteiger partial charge is 0.254 e. The van der Waals surface area contributed by atoms with Gasteiger partial charge in [-0.15, -0.1) is 0 Å². The van der Waals surface area contributed by atoms with Gasteiger partial charge in [-0.3, -0.25) is 9.78 Å². The second-order valence-electron chi connectivity index (χ2n) is 7.83. The summed E-state index contributed by atoms with van der Waals surface area (Å²) in [6.07, 6.45) is 0. The largest absolute Gasteiger partial charge is 0.486 e. The second-order valence-corrected chi connectivity index (χ2v) is 9.77. The van der Waals surface area contributed by atoms with Crippen LogP contribution in [0.25, 0.3) is 10.9 Å². The summed E-state index contributed by atoms with van der Waals surface area (Å²) in [5.41, 5.74) is 2.14. The van der Waals surface area contributed by atoms with E-state index in [1.807, 2.05) is 31.2 Å². The minimum Gasteiger partial charge on any atom is -0.486 e. The number of aromatic nitrogens is 1. The summed E-state index contributed by atoms with van der Waals surface area (Å²) in [5.74, 6) is 0.875. The Kier molecular flexibility index (Phi) is 5.22. The molecule has 0 bridgehead atoms. The fourth-order valence-electron chi connectivity index (χ4n) is 4.12. The zero-order chi connectivity index (χ0) is 22.3. The standard InChI is InChI=1S/C23H23N3O5S/c1-16-14-19(18-4-2-3-5-20(18)24-16)23(27)25-8-10-26(11-9-25)32(28,29)17-6-7-21-22(15-17)31-13-12-30-21/h2-7,14-15H,8-13H2,1H3. The van der Waals surface area contributed by atoms with Crippen molar-refractivity contribution >= 4 is 26.8 Å². The zero-order valence-electron chi connectivity index (χ0n) is 17.7. The Balaban J connectivity index is 1.34. The van der Waals surface area contributed by atoms with Gasteiger partial charge in [0.1, 0.15) is 13.2 Å². The van der Waals surface area contributed by atoms with Crippen LogP contribution in [-0.2, 0) is 10.0 Å². The number of hydrogen-bond donors (Lipinski definition) is 0. The number of hydrogen-bond acceptors (Lipinski definition) is 6. The van der Waals surface area contributed by atoms with E-state index in [4.69, 9.17) is 9.47 Å². The lowest BCUT2D eigenvalue weighted by Crippen LogP contribution is -2.50. The fraction of sp³-hybridized carbons (Fsp3) is 0.304. The van der Waals surface area contributed by atoms with E-state index in [0.717, 1.165) is 16.6 Å². The molecule has 5 rings (SSSR count). The van der Waals surface area contributed by atoms with Crippen molar-refractivity contribution in [2.45, 2.75) is 11.8 Å². The summed E-state index contributed by atoms with van der Waals surface area (Å²) >= 11 is 0. The third-order valence-corrected chi connectivity index (χ3v) is 7.65. The molecule has 8 nitrogen and oxygen atoms in total. The van der Waals surface area contributed by atoms with E-state index >= 15 is 0 Å². The summed E-state index contributed by atoms with van der Waals surface area (Å²) in [6, 6.07) is 14.0. The molecule has 3 aromatic rings. The lowest BCUT2D eigenvalue weighted by atomic mass is 10.1. The third kappa shape index (κ3) is 3.67. The van der Waals surface area contributed by atoms with Crippen molar-refractivity contribution in [2.24, 2.45) is 0 Å². The summed E-state index contributed by atoms with van der Waals surface area (Å²) in [6.45, 7) is 3.79. The summed E-state index contributed by atoms with van der Waals surface area (Å²) in [7, 11) is -3.70. The van der Waals surface area contributed by atoms with Crippen LogP contribution >= 0.6 is 0 Å². The predicted octanol–water partition coefficient (Wildman–Crippen LogP) is 2.46. The van der Waals surface area contributed by atoms with Crippen LogP contribution in [0.15, 0.2) is 53.4 Å². The molecule has 32 heavy (non-hydrogen) atoms. The van der Waals surface area contributed by atoms with Crippen LogP contribution in [-0.4, -0.2) is 67.9 Å². The van der Waals surface area contributed by atoms with Gasteiger partial charge in [0, 0.05) is 43.3 Å². The lowest BCUT2D eigenvalue weighted by Gasteiger charge is -2.34. The van der Waals surface area contributed by atoms with Crippen molar-refractivity contribution in [1.29, 1.82) is 0 Å². The normalized spacial score (nSPS) is 16.8. The second kappa shape index (κ2) is 8.07. The van der Waals surface area contributed by atoms with Crippen LogP contribution in [0, 0.1) is 6.92 Å². The summed E-state index contributed by atoms with van der Waals surface area (Å²) in [4.78, 5) is 19.6. The number of piperazine rings is 1. The van der Waals surface area contributed by atoms with E-state index in [0.29, 0.717) is 43.4 Å². The number of nitrogens with zero attached hydrogens (tertiary/aromatic N) is 3. The number of sulfonamides is 1. The molecule has 1 aromatic heterocycles. The number of aryl methyl sites for hydroxylation is 1. The summed E-state index contributed by atoms with van der Waals surface area (Å²) < 4.78 is 38.7. The molecule has 1 amide bonds. The topological polar surface area (TPSA) is 89.0 Å². The van der Waals surface area contributed by atoms with Gasteiger partial charge in [0.05, 0.1) is 16.0 Å². The van der Waals surface area contributed by atoms with Gasteiger partial charge in [-0.05, 0) is 31.2 Å². The third-order valence-electron chi connectivity index (χ3n) is 5.75. The highest BCUT2D eigenvalue weighted by Gasteiger charge is 2.32. The van der Waals surface area contributed by atoms with Crippen LogP contribution in [0.3, 0.4) is 0 Å². The monoisotopic (exact) mass is 453 g/mol. The first-order valence-electron chi connectivity index (χ1n) is 10.5. The molecule has 2 aromatic carbocycles. The van der Waals surface area contributed by atoms with Crippen molar-refractivity contribution in [3.05, 3.63) is 59.8 Å². The highest BCUT2D eigenvalue weighted by molar-refractivity contribution is 7.89. The van der Waals surface area contributed by atoms with Crippen LogP contribution in [0.5, 0.6) is 11.5 Å². The molecule has 0 radical (unpaired) electrons. The molecule has 0 unspecified atom stereocenters. The van der Waals surface area contributed by atoms with Gasteiger partial charge >= 0.3 is 0 Å². The molecule has 0 saturated carbocycles. The molecule has 1 saturated heterocycles. The first kappa shape index (κ1) is 20.7. The Morgan fingerprint density at radius 2 is 1.66 bits per heavy atom. The van der Waals surface area contributed by atoms with Crippen molar-refractivity contribution in [3.8, 4) is 11.5 Å². The minimum absolute atomic E-state index is 0.108.